The first-order valence-corrected chi connectivity index (χ1v) is 8.97. The van der Waals surface area contributed by atoms with E-state index in [1.165, 1.54) is 23.5 Å². The van der Waals surface area contributed by atoms with Gasteiger partial charge in [0.2, 0.25) is 5.13 Å². The molecule has 0 spiro atoms. The molecule has 2 aromatic carbocycles. The molecule has 0 atom stereocenters. The molecular weight excluding hydrogens is 404 g/mol. The maximum absolute atomic E-state index is 10.7. The van der Waals surface area contributed by atoms with Crippen LogP contribution in [0.5, 0.6) is 0 Å². The molecule has 0 aliphatic carbocycles. The van der Waals surface area contributed by atoms with Gasteiger partial charge in [0.05, 0.1) is 16.3 Å². The number of nitro benzene ring substituents is 1. The summed E-state index contributed by atoms with van der Waals surface area (Å²) in [6.45, 7) is 1.83. The number of halogens is 1. The Morgan fingerprint density at radius 2 is 1.88 bits per heavy atom. The maximum atomic E-state index is 10.7. The molecule has 0 aliphatic rings. The van der Waals surface area contributed by atoms with Crippen LogP contribution in [0, 0.1) is 10.1 Å². The summed E-state index contributed by atoms with van der Waals surface area (Å²) in [4.78, 5) is 14.8. The van der Waals surface area contributed by atoms with Crippen LogP contribution >= 0.6 is 27.3 Å². The Morgan fingerprint density at radius 1 is 1.20 bits per heavy atom. The van der Waals surface area contributed by atoms with Gasteiger partial charge in [0.25, 0.3) is 5.69 Å². The van der Waals surface area contributed by atoms with Crippen LogP contribution in [0.4, 0.5) is 10.8 Å². The summed E-state index contributed by atoms with van der Waals surface area (Å²) in [5, 5.41) is 17.6. The van der Waals surface area contributed by atoms with Gasteiger partial charge in [-0.2, -0.15) is 5.10 Å². The van der Waals surface area contributed by atoms with Crippen LogP contribution < -0.4 is 5.43 Å². The van der Waals surface area contributed by atoms with Crippen molar-refractivity contribution < 1.29 is 4.92 Å². The molecule has 0 radical (unpaired) electrons. The predicted molar refractivity (Wildman–Crippen MR) is 104 cm³/mol. The minimum absolute atomic E-state index is 0.0589. The highest BCUT2D eigenvalue weighted by atomic mass is 79.9. The van der Waals surface area contributed by atoms with Gasteiger partial charge < -0.3 is 0 Å². The molecule has 8 heteroatoms. The molecule has 0 aliphatic heterocycles. The Kier molecular flexibility index (Phi) is 5.20. The van der Waals surface area contributed by atoms with E-state index in [0.29, 0.717) is 5.13 Å². The number of aromatic nitrogens is 1. The van der Waals surface area contributed by atoms with Crippen LogP contribution in [0.15, 0.2) is 63.5 Å². The van der Waals surface area contributed by atoms with Crippen LogP contribution in [0.1, 0.15) is 12.5 Å². The number of nitrogens with one attached hydrogen (secondary N) is 1. The normalized spacial score (nSPS) is 11.4. The van der Waals surface area contributed by atoms with E-state index in [2.05, 4.69) is 31.4 Å². The molecule has 126 valence electrons. The Labute approximate surface area is 156 Å². The van der Waals surface area contributed by atoms with Gasteiger partial charge in [-0.15, -0.1) is 11.3 Å². The summed E-state index contributed by atoms with van der Waals surface area (Å²) in [5.74, 6) is 0. The average Bonchev–Trinajstić information content (AvgIpc) is 3.09. The Balaban J connectivity index is 1.71. The zero-order chi connectivity index (χ0) is 17.8. The van der Waals surface area contributed by atoms with Crippen molar-refractivity contribution >= 4 is 43.8 Å². The summed E-state index contributed by atoms with van der Waals surface area (Å²) in [6, 6.07) is 14.2. The third-order valence-electron chi connectivity index (χ3n) is 3.46. The van der Waals surface area contributed by atoms with Crippen molar-refractivity contribution in [2.45, 2.75) is 6.92 Å². The van der Waals surface area contributed by atoms with E-state index in [1.54, 1.807) is 12.1 Å². The molecule has 25 heavy (non-hydrogen) atoms. The summed E-state index contributed by atoms with van der Waals surface area (Å²) in [5.41, 5.74) is 6.43. The number of nitro groups is 1. The SMILES string of the molecule is CC(=NNc1nc(-c2ccc(Br)cc2)cs1)c1ccc([N+](=O)[O-])cc1. The molecule has 3 rings (SSSR count). The predicted octanol–water partition coefficient (Wildman–Crippen LogP) is 5.32. The van der Waals surface area contributed by atoms with E-state index >= 15 is 0 Å². The van der Waals surface area contributed by atoms with Gasteiger partial charge in [0, 0.05) is 27.5 Å². The second-order valence-corrected chi connectivity index (χ2v) is 6.93. The van der Waals surface area contributed by atoms with Gasteiger partial charge >= 0.3 is 0 Å². The van der Waals surface area contributed by atoms with Crippen molar-refractivity contribution in [2.75, 3.05) is 5.43 Å². The molecule has 0 unspecified atom stereocenters. The first-order chi connectivity index (χ1) is 12.0. The molecule has 0 saturated carbocycles. The second-order valence-electron chi connectivity index (χ2n) is 5.16. The Bertz CT molecular complexity index is 921. The minimum Gasteiger partial charge on any atom is -0.258 e. The third-order valence-corrected chi connectivity index (χ3v) is 4.73. The van der Waals surface area contributed by atoms with Crippen molar-refractivity contribution in [3.8, 4) is 11.3 Å². The van der Waals surface area contributed by atoms with E-state index in [9.17, 15) is 10.1 Å². The molecule has 1 heterocycles. The van der Waals surface area contributed by atoms with Crippen molar-refractivity contribution in [2.24, 2.45) is 5.10 Å². The van der Waals surface area contributed by atoms with Crippen molar-refractivity contribution in [1.82, 2.24) is 4.98 Å². The first-order valence-electron chi connectivity index (χ1n) is 7.29. The van der Waals surface area contributed by atoms with Crippen LogP contribution in [-0.4, -0.2) is 15.6 Å². The lowest BCUT2D eigenvalue weighted by Crippen LogP contribution is -2.00. The molecule has 3 aromatic rings. The fourth-order valence-electron chi connectivity index (χ4n) is 2.10. The molecule has 6 nitrogen and oxygen atoms in total. The number of rotatable bonds is 5. The van der Waals surface area contributed by atoms with E-state index in [4.69, 9.17) is 0 Å². The largest absolute Gasteiger partial charge is 0.269 e. The van der Waals surface area contributed by atoms with Crippen molar-refractivity contribution in [3.63, 3.8) is 0 Å². The number of non-ortho nitro benzene ring substituents is 1. The van der Waals surface area contributed by atoms with E-state index < -0.39 is 4.92 Å². The summed E-state index contributed by atoms with van der Waals surface area (Å²) < 4.78 is 1.02. The van der Waals surface area contributed by atoms with Gasteiger partial charge in [-0.1, -0.05) is 28.1 Å². The molecule has 0 fully saturated rings. The van der Waals surface area contributed by atoms with Crippen LogP contribution in [-0.2, 0) is 0 Å². The van der Waals surface area contributed by atoms with Gasteiger partial charge in [-0.05, 0) is 36.8 Å². The number of anilines is 1. The monoisotopic (exact) mass is 416 g/mol. The quantitative estimate of drug-likeness (QED) is 0.346. The molecule has 1 aromatic heterocycles. The molecule has 0 bridgehead atoms. The smallest absolute Gasteiger partial charge is 0.258 e. The van der Waals surface area contributed by atoms with Crippen molar-refractivity contribution in [3.05, 3.63) is 74.1 Å². The summed E-state index contributed by atoms with van der Waals surface area (Å²) in [7, 11) is 0. The Hall–Kier alpha value is -2.58. The number of thiazole rings is 1. The van der Waals surface area contributed by atoms with Gasteiger partial charge in [0.15, 0.2) is 0 Å². The van der Waals surface area contributed by atoms with Crippen LogP contribution in [0.2, 0.25) is 0 Å². The highest BCUT2D eigenvalue weighted by Gasteiger charge is 2.07. The number of benzene rings is 2. The van der Waals surface area contributed by atoms with Gasteiger partial charge in [-0.3, -0.25) is 15.5 Å². The lowest BCUT2D eigenvalue weighted by molar-refractivity contribution is -0.384. The highest BCUT2D eigenvalue weighted by molar-refractivity contribution is 9.10. The lowest BCUT2D eigenvalue weighted by Gasteiger charge is -2.01. The first kappa shape index (κ1) is 17.2. The molecular formula is C17H13BrN4O2S. The Morgan fingerprint density at radius 3 is 2.52 bits per heavy atom. The van der Waals surface area contributed by atoms with E-state index in [1.807, 2.05) is 36.6 Å². The average molecular weight is 417 g/mol. The number of hydrazone groups is 1. The summed E-state index contributed by atoms with van der Waals surface area (Å²) in [6.07, 6.45) is 0. The molecule has 1 N–H and O–H groups in total. The number of hydrogen-bond donors (Lipinski definition) is 1. The highest BCUT2D eigenvalue weighted by Crippen LogP contribution is 2.26. The maximum Gasteiger partial charge on any atom is 0.269 e. The molecule has 0 saturated heterocycles. The minimum atomic E-state index is -0.423. The number of nitrogens with zero attached hydrogens (tertiary/aromatic N) is 3. The number of hydrogen-bond acceptors (Lipinski definition) is 6. The van der Waals surface area contributed by atoms with Gasteiger partial charge in [-0.25, -0.2) is 4.98 Å². The molecule has 0 amide bonds. The van der Waals surface area contributed by atoms with E-state index in [0.717, 1.165) is 27.0 Å². The third kappa shape index (κ3) is 4.28. The summed E-state index contributed by atoms with van der Waals surface area (Å²) >= 11 is 4.88. The zero-order valence-corrected chi connectivity index (χ0v) is 15.5. The van der Waals surface area contributed by atoms with Crippen molar-refractivity contribution in [1.29, 1.82) is 0 Å². The standard InChI is InChI=1S/C17H13BrN4O2S/c1-11(12-4-8-15(9-5-12)22(23)24)20-21-17-19-16(10-25-17)13-2-6-14(18)7-3-13/h2-10H,1H3,(H,19,21). The second kappa shape index (κ2) is 7.54. The zero-order valence-electron chi connectivity index (χ0n) is 13.1. The fraction of sp³-hybridized carbons (Fsp3) is 0.0588. The van der Waals surface area contributed by atoms with E-state index in [-0.39, 0.29) is 5.69 Å². The fourth-order valence-corrected chi connectivity index (χ4v) is 3.02. The lowest BCUT2D eigenvalue weighted by atomic mass is 10.1. The topological polar surface area (TPSA) is 80.4 Å². The van der Waals surface area contributed by atoms with Crippen LogP contribution in [0.3, 0.4) is 0 Å². The van der Waals surface area contributed by atoms with Crippen LogP contribution in [0.25, 0.3) is 11.3 Å². The van der Waals surface area contributed by atoms with Gasteiger partial charge in [0.1, 0.15) is 0 Å².